The van der Waals surface area contributed by atoms with Crippen LogP contribution in [0.3, 0.4) is 0 Å². The summed E-state index contributed by atoms with van der Waals surface area (Å²) in [6.45, 7) is 3.57. The summed E-state index contributed by atoms with van der Waals surface area (Å²) in [6, 6.07) is 14.2. The third-order valence-corrected chi connectivity index (χ3v) is 8.96. The number of benzene rings is 2. The van der Waals surface area contributed by atoms with E-state index in [1.807, 2.05) is 29.2 Å². The normalized spacial score (nSPS) is 28.5. The number of para-hydroxylation sites is 1. The molecule has 0 bridgehead atoms. The fourth-order valence-electron chi connectivity index (χ4n) is 5.24. The maximum atomic E-state index is 13.6. The molecule has 0 radical (unpaired) electrons. The molecule has 0 aromatic heterocycles. The number of fused-ring (bicyclic) bond motifs is 1. The van der Waals surface area contributed by atoms with E-state index in [0.717, 1.165) is 24.2 Å². The summed E-state index contributed by atoms with van der Waals surface area (Å²) in [4.78, 5) is 15.1. The summed E-state index contributed by atoms with van der Waals surface area (Å²) in [5, 5.41) is 0. The van der Waals surface area contributed by atoms with Gasteiger partial charge >= 0.3 is 0 Å². The number of amides is 1. The highest BCUT2D eigenvalue weighted by molar-refractivity contribution is 7.89. The molecule has 176 valence electrons. The topological polar surface area (TPSA) is 76.2 Å². The van der Waals surface area contributed by atoms with Crippen molar-refractivity contribution in [2.45, 2.75) is 43.2 Å². The molecule has 1 saturated carbocycles. The molecular weight excluding hydrogens is 440 g/mol. The number of hydrogen-bond donors (Lipinski definition) is 0. The smallest absolute Gasteiger partial charge is 0.247 e. The van der Waals surface area contributed by atoms with Crippen LogP contribution in [-0.2, 0) is 21.4 Å². The number of rotatable bonds is 4. The summed E-state index contributed by atoms with van der Waals surface area (Å²) >= 11 is 0. The number of methoxy groups -OCH3 is 1. The van der Waals surface area contributed by atoms with Gasteiger partial charge in [0, 0.05) is 25.4 Å². The van der Waals surface area contributed by atoms with Crippen LogP contribution in [0.1, 0.15) is 31.7 Å². The van der Waals surface area contributed by atoms with Gasteiger partial charge < -0.3 is 14.4 Å². The van der Waals surface area contributed by atoms with Crippen molar-refractivity contribution >= 4 is 15.9 Å². The van der Waals surface area contributed by atoms with Crippen molar-refractivity contribution in [1.82, 2.24) is 9.21 Å². The molecule has 2 aromatic carbocycles. The summed E-state index contributed by atoms with van der Waals surface area (Å²) in [5.74, 6) is 1.95. The second kappa shape index (κ2) is 8.33. The lowest BCUT2D eigenvalue weighted by Crippen LogP contribution is -2.50. The number of likely N-dealkylation sites (tertiary alicyclic amines) is 1. The average molecular weight is 471 g/mol. The predicted octanol–water partition coefficient (Wildman–Crippen LogP) is 3.30. The van der Waals surface area contributed by atoms with Crippen LogP contribution in [0.25, 0.3) is 0 Å². The molecule has 1 atom stereocenters. The van der Waals surface area contributed by atoms with Gasteiger partial charge in [-0.25, -0.2) is 8.42 Å². The molecule has 7 nitrogen and oxygen atoms in total. The lowest BCUT2D eigenvalue weighted by Gasteiger charge is -2.36. The number of sulfonamides is 1. The standard InChI is InChI=1S/C25H30N2O5S/c1-18-13-20(14-18)24(28)26-12-11-25(16-26)17-27(15-19-7-9-21(31-2)10-8-19)33(29,30)23-6-4-3-5-22(23)32-25/h3-10,18,20H,11-17H2,1-2H3/t18?,20?,25-/m1/s1. The van der Waals surface area contributed by atoms with E-state index in [9.17, 15) is 13.2 Å². The summed E-state index contributed by atoms with van der Waals surface area (Å²) in [5.41, 5.74) is 0.0975. The van der Waals surface area contributed by atoms with Crippen molar-refractivity contribution in [3.05, 3.63) is 54.1 Å². The molecule has 0 N–H and O–H groups in total. The molecule has 2 aromatic rings. The Morgan fingerprint density at radius 1 is 1.12 bits per heavy atom. The van der Waals surface area contributed by atoms with Crippen LogP contribution in [0, 0.1) is 11.8 Å². The van der Waals surface area contributed by atoms with Crippen molar-refractivity contribution in [3.8, 4) is 11.5 Å². The molecule has 2 fully saturated rings. The van der Waals surface area contributed by atoms with E-state index in [2.05, 4.69) is 6.92 Å². The Labute approximate surface area is 195 Å². The van der Waals surface area contributed by atoms with E-state index in [1.165, 1.54) is 4.31 Å². The van der Waals surface area contributed by atoms with Crippen LogP contribution in [0.4, 0.5) is 0 Å². The fraction of sp³-hybridized carbons (Fsp3) is 0.480. The summed E-state index contributed by atoms with van der Waals surface area (Å²) in [6.07, 6.45) is 2.47. The minimum absolute atomic E-state index is 0.0901. The molecule has 5 rings (SSSR count). The first-order chi connectivity index (χ1) is 15.8. The van der Waals surface area contributed by atoms with E-state index in [0.29, 0.717) is 31.2 Å². The van der Waals surface area contributed by atoms with Crippen LogP contribution in [-0.4, -0.2) is 55.9 Å². The van der Waals surface area contributed by atoms with E-state index >= 15 is 0 Å². The van der Waals surface area contributed by atoms with Crippen LogP contribution < -0.4 is 9.47 Å². The molecule has 1 spiro atoms. The third-order valence-electron chi connectivity index (χ3n) is 7.13. The molecule has 1 aliphatic carbocycles. The highest BCUT2D eigenvalue weighted by Gasteiger charge is 2.50. The van der Waals surface area contributed by atoms with E-state index in [-0.39, 0.29) is 29.8 Å². The van der Waals surface area contributed by atoms with Crippen LogP contribution >= 0.6 is 0 Å². The quantitative estimate of drug-likeness (QED) is 0.685. The van der Waals surface area contributed by atoms with Gasteiger partial charge in [0.2, 0.25) is 15.9 Å². The Hall–Kier alpha value is -2.58. The zero-order chi connectivity index (χ0) is 23.2. The number of hydrogen-bond acceptors (Lipinski definition) is 5. The molecule has 2 aliphatic heterocycles. The number of ether oxygens (including phenoxy) is 2. The zero-order valence-electron chi connectivity index (χ0n) is 19.1. The van der Waals surface area contributed by atoms with Gasteiger partial charge in [-0.2, -0.15) is 4.31 Å². The molecule has 33 heavy (non-hydrogen) atoms. The van der Waals surface area contributed by atoms with Gasteiger partial charge in [-0.1, -0.05) is 31.2 Å². The van der Waals surface area contributed by atoms with Crippen molar-refractivity contribution in [1.29, 1.82) is 0 Å². The van der Waals surface area contributed by atoms with E-state index in [4.69, 9.17) is 9.47 Å². The molecule has 1 amide bonds. The minimum Gasteiger partial charge on any atom is -0.497 e. The Morgan fingerprint density at radius 2 is 1.85 bits per heavy atom. The number of carbonyl (C=O) groups is 1. The highest BCUT2D eigenvalue weighted by Crippen LogP contribution is 2.41. The van der Waals surface area contributed by atoms with Gasteiger partial charge in [0.15, 0.2) is 0 Å². The molecule has 8 heteroatoms. The maximum Gasteiger partial charge on any atom is 0.247 e. The first-order valence-electron chi connectivity index (χ1n) is 11.5. The average Bonchev–Trinajstić information content (AvgIpc) is 3.17. The largest absolute Gasteiger partial charge is 0.497 e. The Balaban J connectivity index is 1.45. The summed E-state index contributed by atoms with van der Waals surface area (Å²) in [7, 11) is -2.18. The Kier molecular flexibility index (Phi) is 5.61. The van der Waals surface area contributed by atoms with Gasteiger partial charge in [-0.15, -0.1) is 0 Å². The van der Waals surface area contributed by atoms with Gasteiger partial charge in [0.1, 0.15) is 22.0 Å². The Morgan fingerprint density at radius 3 is 2.55 bits per heavy atom. The number of nitrogens with zero attached hydrogens (tertiary/aromatic N) is 2. The van der Waals surface area contributed by atoms with Crippen LogP contribution in [0.2, 0.25) is 0 Å². The molecule has 0 unspecified atom stereocenters. The van der Waals surface area contributed by atoms with E-state index in [1.54, 1.807) is 31.4 Å². The fourth-order valence-corrected chi connectivity index (χ4v) is 6.86. The van der Waals surface area contributed by atoms with Crippen LogP contribution in [0.5, 0.6) is 11.5 Å². The third kappa shape index (κ3) is 4.10. The predicted molar refractivity (Wildman–Crippen MR) is 123 cm³/mol. The van der Waals surface area contributed by atoms with Crippen molar-refractivity contribution in [2.75, 3.05) is 26.7 Å². The lowest BCUT2D eigenvalue weighted by molar-refractivity contribution is -0.139. The van der Waals surface area contributed by atoms with Crippen molar-refractivity contribution in [2.24, 2.45) is 11.8 Å². The molecule has 1 saturated heterocycles. The molecule has 3 aliphatic rings. The SMILES string of the molecule is COc1ccc(CN2C[C@]3(CCN(C(=O)C4CC(C)C4)C3)Oc3ccccc3S2(=O)=O)cc1. The molecule has 2 heterocycles. The second-order valence-corrected chi connectivity index (χ2v) is 11.5. The van der Waals surface area contributed by atoms with Crippen molar-refractivity contribution in [3.63, 3.8) is 0 Å². The lowest BCUT2D eigenvalue weighted by atomic mass is 9.75. The monoisotopic (exact) mass is 470 g/mol. The first-order valence-corrected chi connectivity index (χ1v) is 12.9. The second-order valence-electron chi connectivity index (χ2n) is 9.64. The van der Waals surface area contributed by atoms with Gasteiger partial charge in [0.25, 0.3) is 0 Å². The Bertz CT molecular complexity index is 1140. The van der Waals surface area contributed by atoms with Gasteiger partial charge in [-0.3, -0.25) is 4.79 Å². The van der Waals surface area contributed by atoms with Gasteiger partial charge in [0.05, 0.1) is 20.2 Å². The highest BCUT2D eigenvalue weighted by atomic mass is 32.2. The van der Waals surface area contributed by atoms with Crippen LogP contribution in [0.15, 0.2) is 53.4 Å². The zero-order valence-corrected chi connectivity index (χ0v) is 19.9. The first kappa shape index (κ1) is 22.2. The maximum absolute atomic E-state index is 13.6. The van der Waals surface area contributed by atoms with E-state index < -0.39 is 15.6 Å². The number of carbonyl (C=O) groups excluding carboxylic acids is 1. The molecular formula is C25H30N2O5S. The summed E-state index contributed by atoms with van der Waals surface area (Å²) < 4.78 is 40.5. The van der Waals surface area contributed by atoms with Gasteiger partial charge in [-0.05, 0) is 48.6 Å². The minimum atomic E-state index is -3.78. The van der Waals surface area contributed by atoms with Crippen molar-refractivity contribution < 1.29 is 22.7 Å².